The summed E-state index contributed by atoms with van der Waals surface area (Å²) in [5.74, 6) is 0. The lowest BCUT2D eigenvalue weighted by Crippen LogP contribution is -1.89. The first-order valence-electron chi connectivity index (χ1n) is 3.68. The number of benzene rings is 1. The van der Waals surface area contributed by atoms with Gasteiger partial charge in [0.2, 0.25) is 0 Å². The van der Waals surface area contributed by atoms with E-state index < -0.39 is 0 Å². The zero-order valence-electron chi connectivity index (χ0n) is 6.59. The molecule has 66 valence electrons. The molecule has 0 unspecified atom stereocenters. The topological polar surface area (TPSA) is 38.9 Å². The van der Waals surface area contributed by atoms with E-state index in [-0.39, 0.29) is 0 Å². The highest BCUT2D eigenvalue weighted by Crippen LogP contribution is 2.31. The SMILES string of the molecule is Nc1ccc(Cl)c2c(Cl)ccnc12. The van der Waals surface area contributed by atoms with Crippen LogP contribution in [0.5, 0.6) is 0 Å². The van der Waals surface area contributed by atoms with E-state index in [0.717, 1.165) is 0 Å². The number of aromatic nitrogens is 1. The first-order chi connectivity index (χ1) is 6.20. The van der Waals surface area contributed by atoms with Crippen LogP contribution in [0.15, 0.2) is 24.4 Å². The number of nitrogen functional groups attached to an aromatic ring is 1. The number of hydrogen-bond donors (Lipinski definition) is 1. The van der Waals surface area contributed by atoms with Gasteiger partial charge in [0.25, 0.3) is 0 Å². The summed E-state index contributed by atoms with van der Waals surface area (Å²) < 4.78 is 0. The number of rotatable bonds is 0. The van der Waals surface area contributed by atoms with Gasteiger partial charge in [-0.05, 0) is 18.2 Å². The molecule has 0 bridgehead atoms. The van der Waals surface area contributed by atoms with Crippen molar-refractivity contribution in [2.45, 2.75) is 0 Å². The second kappa shape index (κ2) is 3.05. The minimum absolute atomic E-state index is 0.572. The number of pyridine rings is 1. The molecule has 2 aromatic rings. The van der Waals surface area contributed by atoms with Crippen LogP contribution in [0.4, 0.5) is 5.69 Å². The summed E-state index contributed by atoms with van der Waals surface area (Å²) in [7, 11) is 0. The molecule has 0 aliphatic rings. The Bertz CT molecular complexity index is 460. The zero-order valence-corrected chi connectivity index (χ0v) is 8.10. The highest BCUT2D eigenvalue weighted by molar-refractivity contribution is 6.42. The van der Waals surface area contributed by atoms with Gasteiger partial charge < -0.3 is 5.73 Å². The second-order valence-corrected chi connectivity index (χ2v) is 3.47. The molecule has 0 radical (unpaired) electrons. The second-order valence-electron chi connectivity index (χ2n) is 2.65. The van der Waals surface area contributed by atoms with Gasteiger partial charge in [0.15, 0.2) is 0 Å². The van der Waals surface area contributed by atoms with Crippen LogP contribution in [0.2, 0.25) is 10.0 Å². The van der Waals surface area contributed by atoms with Crippen molar-refractivity contribution in [3.05, 3.63) is 34.4 Å². The van der Waals surface area contributed by atoms with Crippen LogP contribution in [0.1, 0.15) is 0 Å². The van der Waals surface area contributed by atoms with Gasteiger partial charge in [-0.1, -0.05) is 23.2 Å². The standard InChI is InChI=1S/C9H6Cl2N2/c10-5-1-2-7(12)9-8(5)6(11)3-4-13-9/h1-4H,12H2. The largest absolute Gasteiger partial charge is 0.397 e. The van der Waals surface area contributed by atoms with Gasteiger partial charge in [-0.3, -0.25) is 4.98 Å². The van der Waals surface area contributed by atoms with E-state index in [4.69, 9.17) is 28.9 Å². The molecule has 0 aliphatic carbocycles. The Labute approximate surface area is 85.3 Å². The van der Waals surface area contributed by atoms with E-state index >= 15 is 0 Å². The van der Waals surface area contributed by atoms with Crippen LogP contribution < -0.4 is 5.73 Å². The van der Waals surface area contributed by atoms with Crippen molar-refractivity contribution in [2.24, 2.45) is 0 Å². The molecule has 1 aromatic heterocycles. The summed E-state index contributed by atoms with van der Waals surface area (Å²) >= 11 is 11.9. The Hall–Kier alpha value is -0.990. The lowest BCUT2D eigenvalue weighted by molar-refractivity contribution is 1.41. The summed E-state index contributed by atoms with van der Waals surface area (Å²) in [5, 5.41) is 1.86. The summed E-state index contributed by atoms with van der Waals surface area (Å²) in [5.41, 5.74) is 6.95. The number of halogens is 2. The van der Waals surface area contributed by atoms with Crippen molar-refractivity contribution in [1.82, 2.24) is 4.98 Å². The third kappa shape index (κ3) is 1.32. The number of nitrogens with two attached hydrogens (primary N) is 1. The average Bonchev–Trinajstić information content (AvgIpc) is 2.12. The van der Waals surface area contributed by atoms with Crippen LogP contribution in [0.3, 0.4) is 0 Å². The molecule has 13 heavy (non-hydrogen) atoms. The Kier molecular flexibility index (Phi) is 2.02. The molecular formula is C9H6Cl2N2. The quantitative estimate of drug-likeness (QED) is 0.682. The molecule has 2 rings (SSSR count). The summed E-state index contributed by atoms with van der Waals surface area (Å²) in [6, 6.07) is 5.12. The maximum Gasteiger partial charge on any atom is 0.0961 e. The van der Waals surface area contributed by atoms with Crippen molar-refractivity contribution in [3.8, 4) is 0 Å². The molecule has 1 heterocycles. The fourth-order valence-corrected chi connectivity index (χ4v) is 1.76. The summed E-state index contributed by atoms with van der Waals surface area (Å²) in [6.45, 7) is 0. The molecule has 0 fully saturated rings. The maximum atomic E-state index is 5.95. The van der Waals surface area contributed by atoms with E-state index in [9.17, 15) is 0 Å². The van der Waals surface area contributed by atoms with Crippen LogP contribution >= 0.6 is 23.2 Å². The summed E-state index contributed by atoms with van der Waals surface area (Å²) in [4.78, 5) is 4.11. The third-order valence-corrected chi connectivity index (χ3v) is 2.45. The molecule has 4 heteroatoms. The van der Waals surface area contributed by atoms with Gasteiger partial charge in [-0.25, -0.2) is 0 Å². The first kappa shape index (κ1) is 8.60. The van der Waals surface area contributed by atoms with Crippen LogP contribution in [0.25, 0.3) is 10.9 Å². The molecule has 0 spiro atoms. The third-order valence-electron chi connectivity index (χ3n) is 1.82. The van der Waals surface area contributed by atoms with E-state index in [0.29, 0.717) is 26.6 Å². The van der Waals surface area contributed by atoms with Crippen molar-refractivity contribution >= 4 is 39.8 Å². The zero-order chi connectivity index (χ0) is 9.42. The van der Waals surface area contributed by atoms with Crippen LogP contribution in [-0.4, -0.2) is 4.98 Å². The highest BCUT2D eigenvalue weighted by Gasteiger charge is 2.06. The van der Waals surface area contributed by atoms with Gasteiger partial charge in [0, 0.05) is 11.6 Å². The van der Waals surface area contributed by atoms with E-state index in [2.05, 4.69) is 4.98 Å². The predicted octanol–water partition coefficient (Wildman–Crippen LogP) is 3.12. The Morgan fingerprint density at radius 1 is 1.08 bits per heavy atom. The van der Waals surface area contributed by atoms with Crippen LogP contribution in [-0.2, 0) is 0 Å². The minimum atomic E-state index is 0.572. The number of fused-ring (bicyclic) bond motifs is 1. The Morgan fingerprint density at radius 3 is 2.46 bits per heavy atom. The normalized spacial score (nSPS) is 10.6. The molecule has 1 aromatic carbocycles. The molecule has 0 saturated heterocycles. The smallest absolute Gasteiger partial charge is 0.0961 e. The highest BCUT2D eigenvalue weighted by atomic mass is 35.5. The number of anilines is 1. The van der Waals surface area contributed by atoms with E-state index in [1.54, 1.807) is 24.4 Å². The molecule has 0 atom stereocenters. The molecule has 2 nitrogen and oxygen atoms in total. The van der Waals surface area contributed by atoms with Crippen molar-refractivity contribution in [3.63, 3.8) is 0 Å². The summed E-state index contributed by atoms with van der Waals surface area (Å²) in [6.07, 6.45) is 1.61. The number of nitrogens with zero attached hydrogens (tertiary/aromatic N) is 1. The van der Waals surface area contributed by atoms with Crippen LogP contribution in [0, 0.1) is 0 Å². The van der Waals surface area contributed by atoms with E-state index in [1.165, 1.54) is 0 Å². The molecule has 0 amide bonds. The van der Waals surface area contributed by atoms with Gasteiger partial charge in [0.05, 0.1) is 21.2 Å². The maximum absolute atomic E-state index is 5.95. The lowest BCUT2D eigenvalue weighted by Gasteiger charge is -2.03. The fraction of sp³-hybridized carbons (Fsp3) is 0. The Morgan fingerprint density at radius 2 is 1.77 bits per heavy atom. The van der Waals surface area contributed by atoms with Gasteiger partial charge in [-0.15, -0.1) is 0 Å². The average molecular weight is 213 g/mol. The van der Waals surface area contributed by atoms with Gasteiger partial charge in [-0.2, -0.15) is 0 Å². The Balaban J connectivity index is 3.00. The van der Waals surface area contributed by atoms with Crippen molar-refractivity contribution < 1.29 is 0 Å². The fourth-order valence-electron chi connectivity index (χ4n) is 1.21. The monoisotopic (exact) mass is 212 g/mol. The lowest BCUT2D eigenvalue weighted by atomic mass is 10.2. The minimum Gasteiger partial charge on any atom is -0.397 e. The molecular weight excluding hydrogens is 207 g/mol. The van der Waals surface area contributed by atoms with Crippen molar-refractivity contribution in [1.29, 1.82) is 0 Å². The van der Waals surface area contributed by atoms with Crippen molar-refractivity contribution in [2.75, 3.05) is 5.73 Å². The molecule has 0 saturated carbocycles. The molecule has 2 N–H and O–H groups in total. The predicted molar refractivity (Wildman–Crippen MR) is 56.2 cm³/mol. The van der Waals surface area contributed by atoms with Gasteiger partial charge in [0.1, 0.15) is 0 Å². The first-order valence-corrected chi connectivity index (χ1v) is 4.44. The number of hydrogen-bond acceptors (Lipinski definition) is 2. The van der Waals surface area contributed by atoms with E-state index in [1.807, 2.05) is 0 Å². The van der Waals surface area contributed by atoms with Gasteiger partial charge >= 0.3 is 0 Å². The molecule has 0 aliphatic heterocycles.